The minimum absolute atomic E-state index is 0. The van der Waals surface area contributed by atoms with Crippen molar-refractivity contribution in [3.63, 3.8) is 0 Å². The molecule has 1 aromatic rings. The second-order valence-corrected chi connectivity index (χ2v) is 5.40. The lowest BCUT2D eigenvalue weighted by molar-refractivity contribution is 0.502. The zero-order valence-corrected chi connectivity index (χ0v) is 13.4. The van der Waals surface area contributed by atoms with Gasteiger partial charge in [0.1, 0.15) is 6.17 Å². The van der Waals surface area contributed by atoms with Crippen LogP contribution in [-0.2, 0) is 0 Å². The molecule has 4 N–H and O–H groups in total. The molecule has 0 amide bonds. The Morgan fingerprint density at radius 3 is 2.40 bits per heavy atom. The van der Waals surface area contributed by atoms with Gasteiger partial charge < -0.3 is 11.5 Å². The Hall–Kier alpha value is -1.17. The maximum atomic E-state index is 6.04. The third kappa shape index (κ3) is 3.29. The highest BCUT2D eigenvalue weighted by Gasteiger charge is 2.28. The van der Waals surface area contributed by atoms with Gasteiger partial charge in [-0.3, -0.25) is 4.90 Å². The molecule has 5 nitrogen and oxygen atoms in total. The van der Waals surface area contributed by atoms with Gasteiger partial charge in [0, 0.05) is 5.69 Å². The average Bonchev–Trinajstić information content (AvgIpc) is 2.32. The molecule has 1 heterocycles. The molecular weight excluding hydrogens is 321 g/mol. The first-order valence-corrected chi connectivity index (χ1v) is 6.57. The van der Waals surface area contributed by atoms with Gasteiger partial charge in [0.05, 0.1) is 10.0 Å². The SMILES string of the molecule is CC(C)C1N=C(N)N=C(N)N1c1ccc(Cl)c(Cl)c1.Cl. The summed E-state index contributed by atoms with van der Waals surface area (Å²) in [6.45, 7) is 4.06. The minimum atomic E-state index is -0.213. The molecule has 0 aromatic heterocycles. The van der Waals surface area contributed by atoms with Crippen LogP contribution in [0.25, 0.3) is 0 Å². The quantitative estimate of drug-likeness (QED) is 0.871. The fraction of sp³-hybridized carbons (Fsp3) is 0.333. The highest BCUT2D eigenvalue weighted by atomic mass is 35.5. The first-order valence-electron chi connectivity index (χ1n) is 5.82. The Kier molecular flexibility index (Phi) is 5.50. The van der Waals surface area contributed by atoms with E-state index in [4.69, 9.17) is 34.7 Å². The first-order chi connectivity index (χ1) is 8.90. The van der Waals surface area contributed by atoms with Crippen LogP contribution in [-0.4, -0.2) is 18.1 Å². The summed E-state index contributed by atoms with van der Waals surface area (Å²) in [4.78, 5) is 10.1. The molecular formula is C12H16Cl3N5. The van der Waals surface area contributed by atoms with E-state index in [1.807, 2.05) is 19.9 Å². The zero-order chi connectivity index (χ0) is 14.2. The molecule has 20 heavy (non-hydrogen) atoms. The van der Waals surface area contributed by atoms with Crippen molar-refractivity contribution in [3.8, 4) is 0 Å². The molecule has 2 rings (SSSR count). The molecule has 1 aliphatic rings. The number of nitrogens with two attached hydrogens (primary N) is 2. The van der Waals surface area contributed by atoms with Crippen molar-refractivity contribution in [2.75, 3.05) is 4.90 Å². The largest absolute Gasteiger partial charge is 0.369 e. The maximum Gasteiger partial charge on any atom is 0.220 e. The molecule has 0 saturated carbocycles. The number of hydrogen-bond acceptors (Lipinski definition) is 5. The van der Waals surface area contributed by atoms with Crippen molar-refractivity contribution in [3.05, 3.63) is 28.2 Å². The molecule has 1 aliphatic heterocycles. The molecule has 1 unspecified atom stereocenters. The minimum Gasteiger partial charge on any atom is -0.369 e. The van der Waals surface area contributed by atoms with Crippen molar-refractivity contribution < 1.29 is 0 Å². The molecule has 110 valence electrons. The summed E-state index contributed by atoms with van der Waals surface area (Å²) < 4.78 is 0. The number of halogens is 3. The first kappa shape index (κ1) is 16.9. The van der Waals surface area contributed by atoms with Crippen LogP contribution in [0.1, 0.15) is 13.8 Å². The third-order valence-electron chi connectivity index (χ3n) is 2.78. The van der Waals surface area contributed by atoms with E-state index in [0.717, 1.165) is 5.69 Å². The van der Waals surface area contributed by atoms with Crippen LogP contribution < -0.4 is 16.4 Å². The van der Waals surface area contributed by atoms with E-state index in [-0.39, 0.29) is 30.5 Å². The second-order valence-electron chi connectivity index (χ2n) is 4.58. The monoisotopic (exact) mass is 335 g/mol. The fourth-order valence-electron chi connectivity index (χ4n) is 1.90. The molecule has 0 aliphatic carbocycles. The molecule has 1 atom stereocenters. The van der Waals surface area contributed by atoms with Crippen LogP contribution in [0.4, 0.5) is 5.69 Å². The summed E-state index contributed by atoms with van der Waals surface area (Å²) in [6.07, 6.45) is -0.213. The normalized spacial score (nSPS) is 18.4. The summed E-state index contributed by atoms with van der Waals surface area (Å²) in [6, 6.07) is 5.27. The average molecular weight is 337 g/mol. The van der Waals surface area contributed by atoms with Gasteiger partial charge in [-0.15, -0.1) is 12.4 Å². The molecule has 0 radical (unpaired) electrons. The molecule has 0 bridgehead atoms. The van der Waals surface area contributed by atoms with E-state index in [1.165, 1.54) is 0 Å². The van der Waals surface area contributed by atoms with E-state index >= 15 is 0 Å². The van der Waals surface area contributed by atoms with Gasteiger partial charge in [-0.1, -0.05) is 37.0 Å². The Bertz CT molecular complexity index is 556. The Morgan fingerprint density at radius 2 is 1.85 bits per heavy atom. The molecule has 0 fully saturated rings. The van der Waals surface area contributed by atoms with Gasteiger partial charge in [-0.2, -0.15) is 4.99 Å². The van der Waals surface area contributed by atoms with E-state index < -0.39 is 0 Å². The van der Waals surface area contributed by atoms with E-state index in [9.17, 15) is 0 Å². The van der Waals surface area contributed by atoms with Gasteiger partial charge in [0.2, 0.25) is 11.9 Å². The van der Waals surface area contributed by atoms with Gasteiger partial charge in [0.15, 0.2) is 0 Å². The Labute approximate surface area is 134 Å². The summed E-state index contributed by atoms with van der Waals surface area (Å²) in [7, 11) is 0. The standard InChI is InChI=1S/C12H15Cl2N5.ClH/c1-6(2)10-17-11(15)18-12(16)19(10)7-3-4-8(13)9(14)5-7;/h3-6,10H,1-2H3,(H4,15,16,17,18);1H. The lowest BCUT2D eigenvalue weighted by Crippen LogP contribution is -2.50. The van der Waals surface area contributed by atoms with Crippen LogP contribution in [0, 0.1) is 5.92 Å². The number of guanidine groups is 2. The maximum absolute atomic E-state index is 6.04. The van der Waals surface area contributed by atoms with E-state index in [2.05, 4.69) is 9.98 Å². The zero-order valence-electron chi connectivity index (χ0n) is 11.0. The molecule has 0 spiro atoms. The van der Waals surface area contributed by atoms with Crippen LogP contribution in [0.2, 0.25) is 10.0 Å². The number of rotatable bonds is 2. The summed E-state index contributed by atoms with van der Waals surface area (Å²) in [5.74, 6) is 0.694. The lowest BCUT2D eigenvalue weighted by Gasteiger charge is -2.34. The van der Waals surface area contributed by atoms with Crippen molar-refractivity contribution in [2.24, 2.45) is 27.4 Å². The van der Waals surface area contributed by atoms with Crippen LogP contribution in [0.3, 0.4) is 0 Å². The Morgan fingerprint density at radius 1 is 1.20 bits per heavy atom. The van der Waals surface area contributed by atoms with Crippen molar-refractivity contribution in [2.45, 2.75) is 20.0 Å². The fourth-order valence-corrected chi connectivity index (χ4v) is 2.19. The van der Waals surface area contributed by atoms with Crippen molar-refractivity contribution in [1.82, 2.24) is 0 Å². The predicted molar refractivity (Wildman–Crippen MR) is 88.1 cm³/mol. The summed E-state index contributed by atoms with van der Waals surface area (Å²) in [5.41, 5.74) is 12.4. The second kappa shape index (κ2) is 6.52. The smallest absolute Gasteiger partial charge is 0.220 e. The molecule has 0 saturated heterocycles. The van der Waals surface area contributed by atoms with E-state index in [1.54, 1.807) is 17.0 Å². The third-order valence-corrected chi connectivity index (χ3v) is 3.52. The summed E-state index contributed by atoms with van der Waals surface area (Å²) >= 11 is 12.0. The van der Waals surface area contributed by atoms with Gasteiger partial charge >= 0.3 is 0 Å². The Balaban J connectivity index is 0.00000200. The van der Waals surface area contributed by atoms with E-state index in [0.29, 0.717) is 16.0 Å². The number of anilines is 1. The number of hydrogen-bond donors (Lipinski definition) is 2. The van der Waals surface area contributed by atoms with Crippen LogP contribution in [0.15, 0.2) is 28.2 Å². The van der Waals surface area contributed by atoms with Crippen molar-refractivity contribution >= 4 is 53.2 Å². The van der Waals surface area contributed by atoms with Gasteiger partial charge in [-0.25, -0.2) is 4.99 Å². The molecule has 8 heteroatoms. The van der Waals surface area contributed by atoms with Gasteiger partial charge in [0.25, 0.3) is 0 Å². The highest BCUT2D eigenvalue weighted by molar-refractivity contribution is 6.42. The highest BCUT2D eigenvalue weighted by Crippen LogP contribution is 2.30. The number of nitrogens with zero attached hydrogens (tertiary/aromatic N) is 3. The molecule has 1 aromatic carbocycles. The van der Waals surface area contributed by atoms with Gasteiger partial charge in [-0.05, 0) is 24.1 Å². The van der Waals surface area contributed by atoms with Crippen molar-refractivity contribution in [1.29, 1.82) is 0 Å². The van der Waals surface area contributed by atoms with Crippen LogP contribution in [0.5, 0.6) is 0 Å². The number of aliphatic imine (C=N–C) groups is 2. The number of benzene rings is 1. The lowest BCUT2D eigenvalue weighted by atomic mass is 10.1. The summed E-state index contributed by atoms with van der Waals surface area (Å²) in [5, 5.41) is 0.944. The topological polar surface area (TPSA) is 80.0 Å². The van der Waals surface area contributed by atoms with Crippen LogP contribution >= 0.6 is 35.6 Å². The predicted octanol–water partition coefficient (Wildman–Crippen LogP) is 2.85.